The van der Waals surface area contributed by atoms with Gasteiger partial charge in [-0.1, -0.05) is 38.1 Å². The van der Waals surface area contributed by atoms with Crippen molar-refractivity contribution < 1.29 is 0 Å². The summed E-state index contributed by atoms with van der Waals surface area (Å²) in [6.07, 6.45) is 1.00. The molecule has 0 saturated carbocycles. The SMILES string of the molecule is CCN(CC)CCC1(CN2NNc3ccccc32)Nc2ccccc2N1. The van der Waals surface area contributed by atoms with Crippen LogP contribution in [0.3, 0.4) is 0 Å². The molecule has 6 heteroatoms. The monoisotopic (exact) mass is 352 g/mol. The molecule has 0 atom stereocenters. The molecular weight excluding hydrogens is 324 g/mol. The van der Waals surface area contributed by atoms with E-state index in [-0.39, 0.29) is 5.66 Å². The highest BCUT2D eigenvalue weighted by molar-refractivity contribution is 5.78. The van der Waals surface area contributed by atoms with E-state index >= 15 is 0 Å². The summed E-state index contributed by atoms with van der Waals surface area (Å²) in [7, 11) is 0. The van der Waals surface area contributed by atoms with Crippen LogP contribution >= 0.6 is 0 Å². The van der Waals surface area contributed by atoms with Gasteiger partial charge in [0.25, 0.3) is 0 Å². The van der Waals surface area contributed by atoms with E-state index in [2.05, 4.69) is 93.9 Å². The Balaban J connectivity index is 1.56. The average Bonchev–Trinajstić information content (AvgIpc) is 3.24. The van der Waals surface area contributed by atoms with Crippen molar-refractivity contribution in [3.63, 3.8) is 0 Å². The van der Waals surface area contributed by atoms with E-state index in [1.807, 2.05) is 0 Å². The number of hydrogen-bond acceptors (Lipinski definition) is 6. The van der Waals surface area contributed by atoms with E-state index in [9.17, 15) is 0 Å². The molecule has 0 radical (unpaired) electrons. The average molecular weight is 352 g/mol. The van der Waals surface area contributed by atoms with Gasteiger partial charge in [-0.3, -0.25) is 5.01 Å². The first-order valence-corrected chi connectivity index (χ1v) is 9.49. The zero-order valence-electron chi connectivity index (χ0n) is 15.5. The molecular formula is C20H28N6. The van der Waals surface area contributed by atoms with Gasteiger partial charge in [0.1, 0.15) is 5.66 Å². The molecule has 0 aromatic heterocycles. The molecule has 0 bridgehead atoms. The second-order valence-corrected chi connectivity index (χ2v) is 6.99. The Morgan fingerprint density at radius 3 is 2.15 bits per heavy atom. The summed E-state index contributed by atoms with van der Waals surface area (Å²) in [4.78, 5) is 2.47. The predicted molar refractivity (Wildman–Crippen MR) is 109 cm³/mol. The molecule has 2 heterocycles. The van der Waals surface area contributed by atoms with Gasteiger partial charge in [-0.15, -0.1) is 5.53 Å². The van der Waals surface area contributed by atoms with Crippen molar-refractivity contribution in [1.82, 2.24) is 10.4 Å². The van der Waals surface area contributed by atoms with Crippen LogP contribution in [0.15, 0.2) is 48.5 Å². The molecule has 2 aromatic rings. The molecule has 2 aromatic carbocycles. The van der Waals surface area contributed by atoms with Gasteiger partial charge >= 0.3 is 0 Å². The minimum Gasteiger partial charge on any atom is -0.360 e. The fourth-order valence-electron chi connectivity index (χ4n) is 3.82. The van der Waals surface area contributed by atoms with Crippen molar-refractivity contribution in [2.45, 2.75) is 25.9 Å². The van der Waals surface area contributed by atoms with Gasteiger partial charge in [-0.2, -0.15) is 0 Å². The highest BCUT2D eigenvalue weighted by atomic mass is 15.7. The smallest absolute Gasteiger partial charge is 0.129 e. The summed E-state index contributed by atoms with van der Waals surface area (Å²) < 4.78 is 0. The van der Waals surface area contributed by atoms with E-state index in [1.165, 1.54) is 17.1 Å². The molecule has 26 heavy (non-hydrogen) atoms. The predicted octanol–water partition coefficient (Wildman–Crippen LogP) is 3.30. The van der Waals surface area contributed by atoms with Crippen molar-refractivity contribution in [3.8, 4) is 0 Å². The van der Waals surface area contributed by atoms with Crippen LogP contribution < -0.4 is 26.6 Å². The van der Waals surface area contributed by atoms with Crippen molar-refractivity contribution in [1.29, 1.82) is 0 Å². The highest BCUT2D eigenvalue weighted by Gasteiger charge is 2.39. The zero-order valence-corrected chi connectivity index (χ0v) is 15.5. The Morgan fingerprint density at radius 2 is 1.50 bits per heavy atom. The Labute approximate surface area is 155 Å². The molecule has 138 valence electrons. The van der Waals surface area contributed by atoms with Crippen molar-refractivity contribution in [2.75, 3.05) is 47.2 Å². The van der Waals surface area contributed by atoms with Crippen LogP contribution in [0.25, 0.3) is 0 Å². The number of para-hydroxylation sites is 4. The molecule has 2 aliphatic rings. The fraction of sp³-hybridized carbons (Fsp3) is 0.400. The first kappa shape index (κ1) is 17.0. The van der Waals surface area contributed by atoms with Crippen LogP contribution in [-0.2, 0) is 0 Å². The molecule has 0 unspecified atom stereocenters. The molecule has 0 spiro atoms. The quantitative estimate of drug-likeness (QED) is 0.613. The second kappa shape index (κ2) is 7.05. The lowest BCUT2D eigenvalue weighted by atomic mass is 10.1. The van der Waals surface area contributed by atoms with Crippen LogP contribution in [0, 0.1) is 0 Å². The van der Waals surface area contributed by atoms with E-state index in [1.54, 1.807) is 0 Å². The van der Waals surface area contributed by atoms with Gasteiger partial charge < -0.3 is 21.0 Å². The topological polar surface area (TPSA) is 54.6 Å². The zero-order chi connectivity index (χ0) is 18.0. The minimum absolute atomic E-state index is 0.224. The van der Waals surface area contributed by atoms with Gasteiger partial charge in [0.2, 0.25) is 0 Å². The van der Waals surface area contributed by atoms with Gasteiger partial charge in [0.05, 0.1) is 29.3 Å². The summed E-state index contributed by atoms with van der Waals surface area (Å²) in [6.45, 7) is 8.44. The summed E-state index contributed by atoms with van der Waals surface area (Å²) in [6, 6.07) is 16.8. The first-order valence-electron chi connectivity index (χ1n) is 9.49. The summed E-state index contributed by atoms with van der Waals surface area (Å²) in [5, 5.41) is 9.71. The van der Waals surface area contributed by atoms with Crippen LogP contribution in [0.4, 0.5) is 22.7 Å². The standard InChI is InChI=1S/C20H28N6/c1-3-25(4-2)14-13-20(21-16-9-5-6-10-17(16)22-20)15-26-19-12-8-7-11-18(19)23-24-26/h5-12,21-24H,3-4,13-15H2,1-2H3. The number of nitrogens with zero attached hydrogens (tertiary/aromatic N) is 2. The van der Waals surface area contributed by atoms with Gasteiger partial charge in [0, 0.05) is 13.0 Å². The van der Waals surface area contributed by atoms with Crippen molar-refractivity contribution in [3.05, 3.63) is 48.5 Å². The molecule has 0 saturated heterocycles. The van der Waals surface area contributed by atoms with Gasteiger partial charge in [-0.05, 0) is 37.4 Å². The number of benzene rings is 2. The number of anilines is 4. The van der Waals surface area contributed by atoms with Crippen LogP contribution in [0.5, 0.6) is 0 Å². The van der Waals surface area contributed by atoms with E-state index in [4.69, 9.17) is 0 Å². The molecule has 6 nitrogen and oxygen atoms in total. The van der Waals surface area contributed by atoms with E-state index in [0.29, 0.717) is 0 Å². The molecule has 4 N–H and O–H groups in total. The summed E-state index contributed by atoms with van der Waals surface area (Å²) >= 11 is 0. The third-order valence-corrected chi connectivity index (χ3v) is 5.37. The molecule has 0 amide bonds. The van der Waals surface area contributed by atoms with E-state index < -0.39 is 0 Å². The third kappa shape index (κ3) is 3.18. The molecule has 4 rings (SSSR count). The lowest BCUT2D eigenvalue weighted by Crippen LogP contribution is -2.56. The minimum atomic E-state index is -0.224. The summed E-state index contributed by atoms with van der Waals surface area (Å²) in [5.74, 6) is 0. The van der Waals surface area contributed by atoms with E-state index in [0.717, 1.165) is 38.3 Å². The van der Waals surface area contributed by atoms with Gasteiger partial charge in [-0.25, -0.2) is 0 Å². The van der Waals surface area contributed by atoms with Crippen LogP contribution in [0.1, 0.15) is 20.3 Å². The van der Waals surface area contributed by atoms with Crippen molar-refractivity contribution in [2.24, 2.45) is 0 Å². The molecule has 2 aliphatic heterocycles. The Bertz CT molecular complexity index is 732. The number of fused-ring (bicyclic) bond motifs is 2. The number of rotatable bonds is 7. The van der Waals surface area contributed by atoms with Crippen LogP contribution in [-0.4, -0.2) is 36.7 Å². The number of hydrogen-bond donors (Lipinski definition) is 4. The van der Waals surface area contributed by atoms with Crippen LogP contribution in [0.2, 0.25) is 0 Å². The van der Waals surface area contributed by atoms with Gasteiger partial charge in [0.15, 0.2) is 0 Å². The first-order chi connectivity index (χ1) is 12.7. The maximum atomic E-state index is 3.76. The number of nitrogens with one attached hydrogen (secondary N) is 4. The lowest BCUT2D eigenvalue weighted by molar-refractivity contribution is 0.276. The number of hydrazine groups is 2. The summed E-state index contributed by atoms with van der Waals surface area (Å²) in [5.41, 5.74) is 11.0. The van der Waals surface area contributed by atoms with Crippen molar-refractivity contribution >= 4 is 22.7 Å². The largest absolute Gasteiger partial charge is 0.360 e. The Hall–Kier alpha value is -2.44. The Kier molecular flexibility index (Phi) is 4.61. The highest BCUT2D eigenvalue weighted by Crippen LogP contribution is 2.38. The lowest BCUT2D eigenvalue weighted by Gasteiger charge is -2.36. The molecule has 0 fully saturated rings. The normalized spacial score (nSPS) is 16.7. The maximum Gasteiger partial charge on any atom is 0.129 e. The Morgan fingerprint density at radius 1 is 0.885 bits per heavy atom. The third-order valence-electron chi connectivity index (χ3n) is 5.37. The molecule has 0 aliphatic carbocycles. The second-order valence-electron chi connectivity index (χ2n) is 6.99. The maximum absolute atomic E-state index is 3.76. The fourth-order valence-corrected chi connectivity index (χ4v) is 3.82.